The van der Waals surface area contributed by atoms with E-state index in [1.807, 2.05) is 38.1 Å². The number of benzene rings is 1. The normalized spacial score (nSPS) is 25.5. The van der Waals surface area contributed by atoms with Gasteiger partial charge in [0.15, 0.2) is 0 Å². The number of rotatable bonds is 6. The summed E-state index contributed by atoms with van der Waals surface area (Å²) in [6.45, 7) is 3.63. The molecule has 1 aromatic rings. The number of carbonyl (C=O) groups is 2. The minimum Gasteiger partial charge on any atom is -0.454 e. The van der Waals surface area contributed by atoms with Gasteiger partial charge in [-0.1, -0.05) is 24.6 Å². The second-order valence-corrected chi connectivity index (χ2v) is 7.83. The van der Waals surface area contributed by atoms with E-state index in [2.05, 4.69) is 5.32 Å². The van der Waals surface area contributed by atoms with Gasteiger partial charge in [-0.2, -0.15) is 0 Å². The summed E-state index contributed by atoms with van der Waals surface area (Å²) in [5.41, 5.74) is 1.09. The Labute approximate surface area is 161 Å². The first kappa shape index (κ1) is 21.0. The number of aryl methyl sites for hydroxylation is 1. The molecule has 2 rings (SSSR count). The molecule has 4 atom stereocenters. The number of amides is 1. The predicted octanol–water partition coefficient (Wildman–Crippen LogP) is 2.23. The van der Waals surface area contributed by atoms with Crippen LogP contribution in [0.3, 0.4) is 0 Å². The molecule has 9 heteroatoms. The van der Waals surface area contributed by atoms with Crippen LogP contribution in [0.15, 0.2) is 29.2 Å². The molecular weight excluding hydrogens is 378 g/mol. The van der Waals surface area contributed by atoms with Crippen molar-refractivity contribution in [3.05, 3.63) is 29.8 Å². The highest BCUT2D eigenvalue weighted by molar-refractivity contribution is 8.13. The molecule has 1 aliphatic heterocycles. The lowest BCUT2D eigenvalue weighted by atomic mass is 10.1. The SMILES string of the molecule is CCCC(=O)N[C@H]1SO[C@H](COC(=O)Sc2ccc(C)cc2)[C@@H](O)[C@@H]1O. The summed E-state index contributed by atoms with van der Waals surface area (Å²) in [4.78, 5) is 24.2. The number of hydrogen-bond donors (Lipinski definition) is 3. The van der Waals surface area contributed by atoms with Gasteiger partial charge in [0.25, 0.3) is 0 Å². The van der Waals surface area contributed by atoms with Crippen molar-refractivity contribution in [3.63, 3.8) is 0 Å². The summed E-state index contributed by atoms with van der Waals surface area (Å²) in [5.74, 6) is -0.223. The van der Waals surface area contributed by atoms with Crippen LogP contribution in [-0.4, -0.2) is 51.7 Å². The first-order chi connectivity index (χ1) is 12.4. The van der Waals surface area contributed by atoms with Gasteiger partial charge in [0.2, 0.25) is 5.91 Å². The van der Waals surface area contributed by atoms with Crippen LogP contribution in [0.5, 0.6) is 0 Å². The van der Waals surface area contributed by atoms with Crippen molar-refractivity contribution in [2.24, 2.45) is 0 Å². The van der Waals surface area contributed by atoms with Gasteiger partial charge in [-0.3, -0.25) is 4.79 Å². The van der Waals surface area contributed by atoms with Crippen LogP contribution in [-0.2, 0) is 13.7 Å². The van der Waals surface area contributed by atoms with Crippen molar-refractivity contribution < 1.29 is 28.7 Å². The Morgan fingerprint density at radius 1 is 1.27 bits per heavy atom. The molecule has 0 bridgehead atoms. The highest BCUT2D eigenvalue weighted by atomic mass is 32.2. The van der Waals surface area contributed by atoms with E-state index >= 15 is 0 Å². The summed E-state index contributed by atoms with van der Waals surface area (Å²) >= 11 is 1.79. The molecule has 144 valence electrons. The van der Waals surface area contributed by atoms with Crippen molar-refractivity contribution in [3.8, 4) is 0 Å². The zero-order valence-corrected chi connectivity index (χ0v) is 16.2. The maximum Gasteiger partial charge on any atom is 0.372 e. The van der Waals surface area contributed by atoms with E-state index in [4.69, 9.17) is 8.92 Å². The molecule has 3 N–H and O–H groups in total. The van der Waals surface area contributed by atoms with Crippen LogP contribution < -0.4 is 5.32 Å². The number of hydrogen-bond acceptors (Lipinski definition) is 8. The molecule has 1 heterocycles. The third-order valence-corrected chi connectivity index (χ3v) is 5.45. The third-order valence-electron chi connectivity index (χ3n) is 3.69. The zero-order chi connectivity index (χ0) is 19.1. The Balaban J connectivity index is 1.78. The Kier molecular flexibility index (Phi) is 8.23. The van der Waals surface area contributed by atoms with Gasteiger partial charge in [-0.15, -0.1) is 0 Å². The molecule has 0 spiro atoms. The molecule has 1 saturated heterocycles. The predicted molar refractivity (Wildman–Crippen MR) is 99.7 cm³/mol. The van der Waals surface area contributed by atoms with Gasteiger partial charge in [0, 0.05) is 23.4 Å². The molecule has 26 heavy (non-hydrogen) atoms. The van der Waals surface area contributed by atoms with Crippen molar-refractivity contribution in [1.82, 2.24) is 5.32 Å². The number of nitrogens with one attached hydrogen (secondary N) is 1. The van der Waals surface area contributed by atoms with Crippen molar-refractivity contribution in [2.45, 2.75) is 55.3 Å². The average molecular weight is 402 g/mol. The van der Waals surface area contributed by atoms with E-state index in [0.29, 0.717) is 12.8 Å². The first-order valence-electron chi connectivity index (χ1n) is 8.29. The van der Waals surface area contributed by atoms with E-state index in [9.17, 15) is 19.8 Å². The van der Waals surface area contributed by atoms with E-state index in [0.717, 1.165) is 34.3 Å². The standard InChI is InChI=1S/C17H23NO6S2/c1-3-4-13(19)18-16-15(21)14(20)12(24-26-16)9-23-17(22)25-11-7-5-10(2)6-8-11/h5-8,12,14-16,20-21H,3-4,9H2,1-2H3,(H,18,19)/t12-,14-,15+,16+/m1/s1. The molecule has 0 radical (unpaired) electrons. The zero-order valence-electron chi connectivity index (χ0n) is 14.6. The molecule has 0 aliphatic carbocycles. The number of aliphatic hydroxyl groups is 2. The van der Waals surface area contributed by atoms with Gasteiger partial charge < -0.3 is 24.4 Å². The number of carbonyl (C=O) groups excluding carboxylic acids is 2. The molecule has 1 aromatic carbocycles. The second-order valence-electron chi connectivity index (χ2n) is 5.93. The summed E-state index contributed by atoms with van der Waals surface area (Å²) in [6.07, 6.45) is -2.36. The fourth-order valence-electron chi connectivity index (χ4n) is 2.22. The molecule has 1 aliphatic rings. The van der Waals surface area contributed by atoms with Crippen LogP contribution in [0.25, 0.3) is 0 Å². The Morgan fingerprint density at radius 2 is 1.96 bits per heavy atom. The summed E-state index contributed by atoms with van der Waals surface area (Å²) in [7, 11) is 0. The molecule has 0 saturated carbocycles. The van der Waals surface area contributed by atoms with Crippen LogP contribution in [0.4, 0.5) is 4.79 Å². The molecule has 1 amide bonds. The lowest BCUT2D eigenvalue weighted by Gasteiger charge is -2.36. The van der Waals surface area contributed by atoms with Crippen LogP contribution in [0.2, 0.25) is 0 Å². The Hall–Kier alpha value is -1.26. The first-order valence-corrected chi connectivity index (χ1v) is 9.91. The Morgan fingerprint density at radius 3 is 2.62 bits per heavy atom. The van der Waals surface area contributed by atoms with E-state index in [1.54, 1.807) is 0 Å². The smallest absolute Gasteiger partial charge is 0.372 e. The summed E-state index contributed by atoms with van der Waals surface area (Å²) in [5, 5.41) is 21.6. The molecule has 0 unspecified atom stereocenters. The maximum absolute atomic E-state index is 11.9. The Bertz CT molecular complexity index is 612. The highest BCUT2D eigenvalue weighted by Crippen LogP contribution is 2.29. The van der Waals surface area contributed by atoms with Gasteiger partial charge >= 0.3 is 5.30 Å². The third kappa shape index (κ3) is 6.17. The van der Waals surface area contributed by atoms with E-state index in [1.165, 1.54) is 0 Å². The van der Waals surface area contributed by atoms with Gasteiger partial charge in [-0.25, -0.2) is 4.79 Å². The monoisotopic (exact) mass is 401 g/mol. The van der Waals surface area contributed by atoms with Crippen molar-refractivity contribution in [2.75, 3.05) is 6.61 Å². The van der Waals surface area contributed by atoms with E-state index in [-0.39, 0.29) is 12.5 Å². The van der Waals surface area contributed by atoms with Crippen molar-refractivity contribution >= 4 is 35.0 Å². The number of aliphatic hydroxyl groups excluding tert-OH is 2. The highest BCUT2D eigenvalue weighted by Gasteiger charge is 2.40. The van der Waals surface area contributed by atoms with Gasteiger partial charge in [-0.05, 0) is 37.2 Å². The lowest BCUT2D eigenvalue weighted by Crippen LogP contribution is -2.55. The second kappa shape index (κ2) is 10.2. The minimum absolute atomic E-state index is 0.196. The molecule has 1 fully saturated rings. The van der Waals surface area contributed by atoms with Gasteiger partial charge in [0.05, 0.1) is 0 Å². The topological polar surface area (TPSA) is 105 Å². The fourth-order valence-corrected chi connectivity index (χ4v) is 3.70. The van der Waals surface area contributed by atoms with Crippen molar-refractivity contribution in [1.29, 1.82) is 0 Å². The van der Waals surface area contributed by atoms with E-state index < -0.39 is 29.0 Å². The average Bonchev–Trinajstić information content (AvgIpc) is 2.60. The quantitative estimate of drug-likeness (QED) is 0.379. The largest absolute Gasteiger partial charge is 0.454 e. The molecular formula is C17H23NO6S2. The van der Waals surface area contributed by atoms with Crippen LogP contribution >= 0.6 is 23.8 Å². The fraction of sp³-hybridized carbons (Fsp3) is 0.529. The van der Waals surface area contributed by atoms with Crippen LogP contribution in [0, 0.1) is 6.92 Å². The summed E-state index contributed by atoms with van der Waals surface area (Å²) in [6, 6.07) is 7.42. The summed E-state index contributed by atoms with van der Waals surface area (Å²) < 4.78 is 10.5. The van der Waals surface area contributed by atoms with Gasteiger partial charge in [0.1, 0.15) is 30.3 Å². The molecule has 0 aromatic heterocycles. The van der Waals surface area contributed by atoms with Crippen LogP contribution in [0.1, 0.15) is 25.3 Å². The minimum atomic E-state index is -1.28. The number of ether oxygens (including phenoxy) is 1. The lowest BCUT2D eigenvalue weighted by molar-refractivity contribution is -0.124. The maximum atomic E-state index is 11.9. The molecule has 7 nitrogen and oxygen atoms in total. The number of thioether (sulfide) groups is 1.